The van der Waals surface area contributed by atoms with Crippen LogP contribution in [0.2, 0.25) is 0 Å². The van der Waals surface area contributed by atoms with Gasteiger partial charge in [-0.1, -0.05) is 12.5 Å². The summed E-state index contributed by atoms with van der Waals surface area (Å²) < 4.78 is 16.1. The molecule has 2 N–H and O–H groups in total. The van der Waals surface area contributed by atoms with Crippen molar-refractivity contribution in [3.05, 3.63) is 24.3 Å². The lowest BCUT2D eigenvalue weighted by atomic mass is 10.1. The molecule has 1 saturated heterocycles. The van der Waals surface area contributed by atoms with E-state index in [2.05, 4.69) is 15.0 Å². The molecular weight excluding hydrogens is 302 g/mol. The van der Waals surface area contributed by atoms with Crippen molar-refractivity contribution in [3.63, 3.8) is 0 Å². The Morgan fingerprint density at radius 2 is 2.18 bits per heavy atom. The molecule has 1 aromatic rings. The molecule has 2 amide bonds. The molecule has 1 heterocycles. The summed E-state index contributed by atoms with van der Waals surface area (Å²) in [6, 6.07) is 6.32. The third-order valence-corrected chi connectivity index (χ3v) is 5.51. The highest BCUT2D eigenvalue weighted by molar-refractivity contribution is 7.93. The van der Waals surface area contributed by atoms with Crippen LogP contribution in [0, 0.1) is 0 Å². The molecule has 22 heavy (non-hydrogen) atoms. The van der Waals surface area contributed by atoms with Gasteiger partial charge in [0.15, 0.2) is 0 Å². The quantitative estimate of drug-likeness (QED) is 0.888. The Balaban J connectivity index is 2.13. The topological polar surface area (TPSA) is 87.6 Å². The van der Waals surface area contributed by atoms with Crippen LogP contribution in [-0.2, 0) is 19.3 Å². The third kappa shape index (κ3) is 4.07. The Morgan fingerprint density at radius 1 is 1.41 bits per heavy atom. The number of benzene rings is 1. The number of amides is 2. The highest BCUT2D eigenvalue weighted by Crippen LogP contribution is 2.18. The fraction of sp³-hybridized carbons (Fsp3) is 0.467. The first kappa shape index (κ1) is 16.5. The van der Waals surface area contributed by atoms with Crippen molar-refractivity contribution < 1.29 is 13.8 Å². The normalized spacial score (nSPS) is 21.2. The van der Waals surface area contributed by atoms with E-state index in [1.54, 1.807) is 30.5 Å². The zero-order valence-electron chi connectivity index (χ0n) is 12.8. The molecule has 0 aliphatic carbocycles. The van der Waals surface area contributed by atoms with E-state index >= 15 is 0 Å². The number of anilines is 1. The molecule has 0 saturated carbocycles. The zero-order chi connectivity index (χ0) is 16.2. The van der Waals surface area contributed by atoms with Crippen LogP contribution in [0.4, 0.5) is 5.69 Å². The minimum atomic E-state index is -2.44. The molecule has 1 fully saturated rings. The van der Waals surface area contributed by atoms with E-state index in [0.29, 0.717) is 23.4 Å². The number of carbonyl (C=O) groups excluding carboxylic acids is 2. The van der Waals surface area contributed by atoms with Crippen LogP contribution in [0.15, 0.2) is 33.5 Å². The van der Waals surface area contributed by atoms with Crippen molar-refractivity contribution >= 4 is 27.2 Å². The maximum Gasteiger partial charge on any atom is 0.246 e. The van der Waals surface area contributed by atoms with Gasteiger partial charge >= 0.3 is 0 Å². The molecule has 0 radical (unpaired) electrons. The van der Waals surface area contributed by atoms with Crippen LogP contribution in [0.25, 0.3) is 0 Å². The minimum absolute atomic E-state index is 0.0900. The van der Waals surface area contributed by atoms with Crippen LogP contribution in [0.5, 0.6) is 0 Å². The average molecular weight is 323 g/mol. The molecule has 1 aliphatic rings. The summed E-state index contributed by atoms with van der Waals surface area (Å²) in [7, 11) is -0.933. The summed E-state index contributed by atoms with van der Waals surface area (Å²) in [4.78, 5) is 24.4. The van der Waals surface area contributed by atoms with Crippen LogP contribution < -0.4 is 10.6 Å². The Labute approximate surface area is 130 Å². The summed E-state index contributed by atoms with van der Waals surface area (Å²) >= 11 is 0. The van der Waals surface area contributed by atoms with E-state index in [9.17, 15) is 13.8 Å². The predicted molar refractivity (Wildman–Crippen MR) is 86.2 cm³/mol. The third-order valence-electron chi connectivity index (χ3n) is 3.69. The lowest BCUT2D eigenvalue weighted by Crippen LogP contribution is -2.42. The fourth-order valence-electron chi connectivity index (χ4n) is 2.31. The first-order valence-electron chi connectivity index (χ1n) is 7.23. The van der Waals surface area contributed by atoms with Gasteiger partial charge < -0.3 is 10.6 Å². The Bertz CT molecular complexity index is 693. The van der Waals surface area contributed by atoms with E-state index in [1.807, 2.05) is 0 Å². The lowest BCUT2D eigenvalue weighted by Gasteiger charge is -2.16. The highest BCUT2D eigenvalue weighted by Gasteiger charge is 2.23. The maximum absolute atomic E-state index is 12.3. The predicted octanol–water partition coefficient (Wildman–Crippen LogP) is 1.77. The number of nitrogens with one attached hydrogen (secondary N) is 2. The maximum atomic E-state index is 12.3. The Hall–Kier alpha value is -1.89. The van der Waals surface area contributed by atoms with Gasteiger partial charge in [-0.05, 0) is 31.0 Å². The van der Waals surface area contributed by atoms with Crippen LogP contribution in [0.3, 0.4) is 0 Å². The Kier molecular flexibility index (Phi) is 5.18. The van der Waals surface area contributed by atoms with Crippen LogP contribution in [-0.4, -0.2) is 35.4 Å². The average Bonchev–Trinajstić information content (AvgIpc) is 2.72. The largest absolute Gasteiger partial charge is 0.344 e. The number of carbonyl (C=O) groups is 2. The van der Waals surface area contributed by atoms with E-state index in [4.69, 9.17) is 0 Å². The molecule has 6 nitrogen and oxygen atoms in total. The highest BCUT2D eigenvalue weighted by atomic mass is 32.2. The zero-order valence-corrected chi connectivity index (χ0v) is 13.6. The van der Waals surface area contributed by atoms with Crippen molar-refractivity contribution in [2.45, 2.75) is 36.6 Å². The molecule has 1 aliphatic heterocycles. The monoisotopic (exact) mass is 323 g/mol. The fourth-order valence-corrected chi connectivity index (χ4v) is 3.20. The first-order valence-corrected chi connectivity index (χ1v) is 9.15. The second-order valence-electron chi connectivity index (χ2n) is 5.37. The first-order chi connectivity index (χ1) is 10.4. The number of nitrogens with zero attached hydrogens (tertiary/aromatic N) is 1. The van der Waals surface area contributed by atoms with Gasteiger partial charge in [0.2, 0.25) is 11.8 Å². The second-order valence-corrected chi connectivity index (χ2v) is 7.81. The van der Waals surface area contributed by atoms with E-state index < -0.39 is 15.8 Å². The van der Waals surface area contributed by atoms with Crippen LogP contribution in [0.1, 0.15) is 25.7 Å². The SMILES string of the molecule is CN=[S@](C)(=O)c1cccc(NC(=O)[C@@H]2CCCCC(=O)N2)c1. The molecule has 0 aromatic heterocycles. The second kappa shape index (κ2) is 6.91. The molecule has 2 rings (SSSR count). The van der Waals surface area contributed by atoms with E-state index in [1.165, 1.54) is 7.05 Å². The molecule has 0 unspecified atom stereocenters. The smallest absolute Gasteiger partial charge is 0.246 e. The Morgan fingerprint density at radius 3 is 2.91 bits per heavy atom. The summed E-state index contributed by atoms with van der Waals surface area (Å²) in [5.41, 5.74) is 0.555. The minimum Gasteiger partial charge on any atom is -0.344 e. The van der Waals surface area contributed by atoms with Gasteiger partial charge in [-0.25, -0.2) is 8.57 Å². The molecule has 0 bridgehead atoms. The lowest BCUT2D eigenvalue weighted by molar-refractivity contribution is -0.125. The summed E-state index contributed by atoms with van der Waals surface area (Å²) in [6.07, 6.45) is 4.30. The van der Waals surface area contributed by atoms with E-state index in [-0.39, 0.29) is 11.8 Å². The van der Waals surface area contributed by atoms with Crippen LogP contribution >= 0.6 is 0 Å². The molecule has 120 valence electrons. The summed E-state index contributed by atoms with van der Waals surface area (Å²) in [5.74, 6) is -0.337. The van der Waals surface area contributed by atoms with Gasteiger partial charge in [-0.15, -0.1) is 0 Å². The van der Waals surface area contributed by atoms with Gasteiger partial charge in [0.25, 0.3) is 0 Å². The van der Waals surface area contributed by atoms with Crippen molar-refractivity contribution in [1.29, 1.82) is 0 Å². The van der Waals surface area contributed by atoms with Gasteiger partial charge in [0.1, 0.15) is 6.04 Å². The molecule has 7 heteroatoms. The van der Waals surface area contributed by atoms with Crippen molar-refractivity contribution in [1.82, 2.24) is 5.32 Å². The molecule has 1 aromatic carbocycles. The van der Waals surface area contributed by atoms with E-state index in [0.717, 1.165) is 12.8 Å². The van der Waals surface area contributed by atoms with Gasteiger partial charge in [0, 0.05) is 30.3 Å². The van der Waals surface area contributed by atoms with Crippen molar-refractivity contribution in [3.8, 4) is 0 Å². The van der Waals surface area contributed by atoms with Gasteiger partial charge in [0.05, 0.1) is 9.73 Å². The van der Waals surface area contributed by atoms with Crippen molar-refractivity contribution in [2.75, 3.05) is 18.6 Å². The van der Waals surface area contributed by atoms with Gasteiger partial charge in [-0.2, -0.15) is 0 Å². The number of hydrogen-bond acceptors (Lipinski definition) is 4. The van der Waals surface area contributed by atoms with Crippen molar-refractivity contribution in [2.24, 2.45) is 4.36 Å². The van der Waals surface area contributed by atoms with Gasteiger partial charge in [-0.3, -0.25) is 9.59 Å². The number of rotatable bonds is 3. The molecular formula is C15H21N3O3S. The molecule has 2 atom stereocenters. The summed E-state index contributed by atoms with van der Waals surface area (Å²) in [5, 5.41) is 5.50. The summed E-state index contributed by atoms with van der Waals surface area (Å²) in [6.45, 7) is 0. The molecule has 0 spiro atoms. The standard InChI is InChI=1S/C15H21N3O3S/c1-16-22(2,21)12-7-5-6-11(10-12)17-15(20)13-8-3-4-9-14(19)18-13/h5-7,10,13H,3-4,8-9H2,1-2H3,(H,17,20)(H,18,19)/t13-,22+/m0/s1. The number of hydrogen-bond donors (Lipinski definition) is 2.